The largest absolute Gasteiger partial charge is 0.393 e. The van der Waals surface area contributed by atoms with E-state index in [9.17, 15) is 9.90 Å². The lowest BCUT2D eigenvalue weighted by atomic mass is 9.68. The van der Waals surface area contributed by atoms with Gasteiger partial charge in [0, 0.05) is 12.5 Å². The first kappa shape index (κ1) is 13.5. The lowest BCUT2D eigenvalue weighted by Gasteiger charge is -2.40. The number of nitrogens with one attached hydrogen (secondary N) is 1. The van der Waals surface area contributed by atoms with Crippen LogP contribution in [-0.4, -0.2) is 23.7 Å². The van der Waals surface area contributed by atoms with Crippen molar-refractivity contribution in [1.29, 1.82) is 0 Å². The molecule has 1 rings (SSSR count). The van der Waals surface area contributed by atoms with Gasteiger partial charge in [0.1, 0.15) is 0 Å². The Balaban J connectivity index is 2.78. The van der Waals surface area contributed by atoms with E-state index < -0.39 is 0 Å². The molecule has 0 saturated heterocycles. The maximum Gasteiger partial charge on any atom is 0.223 e. The SMILES string of the molecule is CCNC(=O)C1CC(C)CC(O)C1C(C)C. The zero-order valence-corrected chi connectivity index (χ0v) is 10.9. The summed E-state index contributed by atoms with van der Waals surface area (Å²) in [5.41, 5.74) is 0. The van der Waals surface area contributed by atoms with E-state index in [1.165, 1.54) is 0 Å². The fourth-order valence-electron chi connectivity index (χ4n) is 3.02. The summed E-state index contributed by atoms with van der Waals surface area (Å²) in [6.07, 6.45) is 1.42. The monoisotopic (exact) mass is 227 g/mol. The zero-order chi connectivity index (χ0) is 12.3. The average molecular weight is 227 g/mol. The number of carbonyl (C=O) groups is 1. The minimum Gasteiger partial charge on any atom is -0.393 e. The second-order valence-electron chi connectivity index (χ2n) is 5.47. The van der Waals surface area contributed by atoms with Gasteiger partial charge < -0.3 is 10.4 Å². The molecular formula is C13H25NO2. The molecule has 1 fully saturated rings. The van der Waals surface area contributed by atoms with Crippen LogP contribution in [-0.2, 0) is 4.79 Å². The molecule has 4 unspecified atom stereocenters. The van der Waals surface area contributed by atoms with E-state index in [4.69, 9.17) is 0 Å². The lowest BCUT2D eigenvalue weighted by Crippen LogP contribution is -2.46. The second kappa shape index (κ2) is 5.67. The molecule has 1 aliphatic rings. The van der Waals surface area contributed by atoms with Crippen molar-refractivity contribution in [2.24, 2.45) is 23.7 Å². The molecule has 0 aromatic heterocycles. The Labute approximate surface area is 98.6 Å². The summed E-state index contributed by atoms with van der Waals surface area (Å²) >= 11 is 0. The van der Waals surface area contributed by atoms with Crippen LogP contribution < -0.4 is 5.32 Å². The van der Waals surface area contributed by atoms with Crippen LogP contribution in [0.5, 0.6) is 0 Å². The summed E-state index contributed by atoms with van der Waals surface area (Å²) in [6.45, 7) is 8.91. The summed E-state index contributed by atoms with van der Waals surface area (Å²) in [5, 5.41) is 13.0. The van der Waals surface area contributed by atoms with E-state index in [1.54, 1.807) is 0 Å². The minimum atomic E-state index is -0.323. The number of rotatable bonds is 3. The molecule has 2 N–H and O–H groups in total. The van der Waals surface area contributed by atoms with E-state index in [2.05, 4.69) is 26.1 Å². The molecule has 0 aliphatic heterocycles. The Kier molecular flexibility index (Phi) is 4.78. The predicted octanol–water partition coefficient (Wildman–Crippen LogP) is 1.80. The molecule has 1 saturated carbocycles. The van der Waals surface area contributed by atoms with Gasteiger partial charge in [0.2, 0.25) is 5.91 Å². The molecule has 3 nitrogen and oxygen atoms in total. The molecular weight excluding hydrogens is 202 g/mol. The van der Waals surface area contributed by atoms with E-state index in [-0.39, 0.29) is 23.8 Å². The molecule has 16 heavy (non-hydrogen) atoms. The van der Waals surface area contributed by atoms with Crippen molar-refractivity contribution in [3.05, 3.63) is 0 Å². The summed E-state index contributed by atoms with van der Waals surface area (Å²) in [4.78, 5) is 12.0. The van der Waals surface area contributed by atoms with Crippen LogP contribution in [0.1, 0.15) is 40.5 Å². The van der Waals surface area contributed by atoms with Crippen molar-refractivity contribution in [2.45, 2.75) is 46.6 Å². The predicted molar refractivity (Wildman–Crippen MR) is 64.9 cm³/mol. The summed E-state index contributed by atoms with van der Waals surface area (Å²) in [6, 6.07) is 0. The molecule has 0 aromatic carbocycles. The fourth-order valence-corrected chi connectivity index (χ4v) is 3.02. The Morgan fingerprint density at radius 1 is 1.44 bits per heavy atom. The molecule has 0 bridgehead atoms. The normalized spacial score (nSPS) is 35.1. The highest BCUT2D eigenvalue weighted by Gasteiger charge is 2.40. The average Bonchev–Trinajstić information content (AvgIpc) is 2.15. The lowest BCUT2D eigenvalue weighted by molar-refractivity contribution is -0.133. The van der Waals surface area contributed by atoms with E-state index >= 15 is 0 Å². The maximum absolute atomic E-state index is 12.0. The Morgan fingerprint density at radius 2 is 2.06 bits per heavy atom. The summed E-state index contributed by atoms with van der Waals surface area (Å²) in [5.74, 6) is 1.01. The van der Waals surface area contributed by atoms with Gasteiger partial charge in [-0.1, -0.05) is 20.8 Å². The molecule has 1 amide bonds. The highest BCUT2D eigenvalue weighted by Crippen LogP contribution is 2.38. The Hall–Kier alpha value is -0.570. The number of amides is 1. The van der Waals surface area contributed by atoms with Crippen LogP contribution in [0.15, 0.2) is 0 Å². The van der Waals surface area contributed by atoms with Crippen molar-refractivity contribution in [3.63, 3.8) is 0 Å². The zero-order valence-electron chi connectivity index (χ0n) is 10.9. The van der Waals surface area contributed by atoms with Crippen LogP contribution in [0.2, 0.25) is 0 Å². The van der Waals surface area contributed by atoms with Crippen LogP contribution >= 0.6 is 0 Å². The van der Waals surface area contributed by atoms with Gasteiger partial charge in [-0.25, -0.2) is 0 Å². The third-order valence-corrected chi connectivity index (χ3v) is 3.67. The van der Waals surface area contributed by atoms with Gasteiger partial charge in [-0.3, -0.25) is 4.79 Å². The highest BCUT2D eigenvalue weighted by molar-refractivity contribution is 5.79. The topological polar surface area (TPSA) is 49.3 Å². The summed E-state index contributed by atoms with van der Waals surface area (Å²) in [7, 11) is 0. The van der Waals surface area contributed by atoms with Crippen molar-refractivity contribution in [2.75, 3.05) is 6.54 Å². The van der Waals surface area contributed by atoms with Gasteiger partial charge in [-0.2, -0.15) is 0 Å². The third-order valence-electron chi connectivity index (χ3n) is 3.67. The first-order valence-corrected chi connectivity index (χ1v) is 6.43. The molecule has 0 spiro atoms. The van der Waals surface area contributed by atoms with Crippen LogP contribution in [0.25, 0.3) is 0 Å². The van der Waals surface area contributed by atoms with E-state index in [0.717, 1.165) is 12.8 Å². The number of aliphatic hydroxyl groups excluding tert-OH is 1. The molecule has 1 aliphatic carbocycles. The second-order valence-corrected chi connectivity index (χ2v) is 5.47. The number of hydrogen-bond acceptors (Lipinski definition) is 2. The van der Waals surface area contributed by atoms with Crippen LogP contribution in [0, 0.1) is 23.7 Å². The van der Waals surface area contributed by atoms with E-state index in [0.29, 0.717) is 18.4 Å². The van der Waals surface area contributed by atoms with Gasteiger partial charge in [-0.15, -0.1) is 0 Å². The molecule has 4 atom stereocenters. The first-order chi connectivity index (χ1) is 7.47. The van der Waals surface area contributed by atoms with Crippen molar-refractivity contribution < 1.29 is 9.90 Å². The molecule has 94 valence electrons. The standard InChI is InChI=1S/C13H25NO2/c1-5-14-13(16)10-6-9(4)7-11(15)12(10)8(2)3/h8-12,15H,5-7H2,1-4H3,(H,14,16). The van der Waals surface area contributed by atoms with Crippen LogP contribution in [0.3, 0.4) is 0 Å². The van der Waals surface area contributed by atoms with Gasteiger partial charge >= 0.3 is 0 Å². The van der Waals surface area contributed by atoms with Gasteiger partial charge in [0.05, 0.1) is 6.10 Å². The van der Waals surface area contributed by atoms with Gasteiger partial charge in [-0.05, 0) is 37.5 Å². The van der Waals surface area contributed by atoms with Crippen molar-refractivity contribution in [3.8, 4) is 0 Å². The first-order valence-electron chi connectivity index (χ1n) is 6.43. The third kappa shape index (κ3) is 2.97. The minimum absolute atomic E-state index is 0.0151. The van der Waals surface area contributed by atoms with Crippen LogP contribution in [0.4, 0.5) is 0 Å². The van der Waals surface area contributed by atoms with Gasteiger partial charge in [0.25, 0.3) is 0 Å². The fraction of sp³-hybridized carbons (Fsp3) is 0.923. The number of carbonyl (C=O) groups excluding carboxylic acids is 1. The Morgan fingerprint density at radius 3 is 2.56 bits per heavy atom. The Bertz CT molecular complexity index is 240. The number of hydrogen-bond donors (Lipinski definition) is 2. The smallest absolute Gasteiger partial charge is 0.223 e. The summed E-state index contributed by atoms with van der Waals surface area (Å²) < 4.78 is 0. The molecule has 3 heteroatoms. The molecule has 0 aromatic rings. The van der Waals surface area contributed by atoms with Gasteiger partial charge in [0.15, 0.2) is 0 Å². The van der Waals surface area contributed by atoms with E-state index in [1.807, 2.05) is 6.92 Å². The highest BCUT2D eigenvalue weighted by atomic mass is 16.3. The number of aliphatic hydroxyl groups is 1. The van der Waals surface area contributed by atoms with Crippen molar-refractivity contribution >= 4 is 5.91 Å². The molecule has 0 radical (unpaired) electrons. The molecule has 0 heterocycles. The van der Waals surface area contributed by atoms with Crippen molar-refractivity contribution in [1.82, 2.24) is 5.32 Å². The maximum atomic E-state index is 12.0. The quantitative estimate of drug-likeness (QED) is 0.772.